The van der Waals surface area contributed by atoms with Crippen molar-refractivity contribution in [3.8, 4) is 0 Å². The predicted octanol–water partition coefficient (Wildman–Crippen LogP) is 1.04. The molecule has 0 aliphatic heterocycles. The Labute approximate surface area is 61.0 Å². The summed E-state index contributed by atoms with van der Waals surface area (Å²) in [5, 5.41) is 9.91. The third-order valence-electron chi connectivity index (χ3n) is 0.698. The highest BCUT2D eigenvalue weighted by atomic mass is 35.5. The fraction of sp³-hybridized carbons (Fsp3) is 1.00. The zero-order valence-electron chi connectivity index (χ0n) is 5.11. The van der Waals surface area contributed by atoms with Gasteiger partial charge in [-0.3, -0.25) is 5.32 Å². The van der Waals surface area contributed by atoms with Crippen LogP contribution in [0.4, 0.5) is 13.2 Å². The molecule has 0 aromatic rings. The van der Waals surface area contributed by atoms with Gasteiger partial charge in [0.25, 0.3) is 0 Å². The Balaban J connectivity index is 3.73. The van der Waals surface area contributed by atoms with Crippen LogP contribution in [-0.4, -0.2) is 23.0 Å². The van der Waals surface area contributed by atoms with E-state index in [9.17, 15) is 13.2 Å². The first-order valence-corrected chi connectivity index (χ1v) is 2.92. The molecular formula is C4H7ClF3NO. The van der Waals surface area contributed by atoms with Crippen LogP contribution in [-0.2, 0) is 0 Å². The van der Waals surface area contributed by atoms with Crippen molar-refractivity contribution in [1.82, 2.24) is 5.32 Å². The lowest BCUT2D eigenvalue weighted by Crippen LogP contribution is -2.44. The van der Waals surface area contributed by atoms with Gasteiger partial charge in [0.2, 0.25) is 6.23 Å². The highest BCUT2D eigenvalue weighted by Gasteiger charge is 2.38. The lowest BCUT2D eigenvalue weighted by atomic mass is 10.5. The van der Waals surface area contributed by atoms with E-state index in [1.807, 2.05) is 0 Å². The van der Waals surface area contributed by atoms with Gasteiger partial charge < -0.3 is 5.11 Å². The van der Waals surface area contributed by atoms with Crippen LogP contribution in [0.1, 0.15) is 6.92 Å². The van der Waals surface area contributed by atoms with Gasteiger partial charge in [-0.1, -0.05) is 0 Å². The van der Waals surface area contributed by atoms with Gasteiger partial charge in [0.15, 0.2) is 0 Å². The van der Waals surface area contributed by atoms with E-state index in [1.54, 1.807) is 5.32 Å². The minimum atomic E-state index is -4.65. The monoisotopic (exact) mass is 177 g/mol. The Kier molecular flexibility index (Phi) is 3.41. The summed E-state index contributed by atoms with van der Waals surface area (Å²) in [6.45, 7) is 1.29. The third-order valence-corrected chi connectivity index (χ3v) is 0.824. The first kappa shape index (κ1) is 10.0. The standard InChI is InChI=1S/C4H7ClF3NO/c1-2(5)9-3(10)4(6,7)8/h2-3,9-10H,1H3. The van der Waals surface area contributed by atoms with Gasteiger partial charge in [-0.2, -0.15) is 13.2 Å². The maximum Gasteiger partial charge on any atom is 0.428 e. The average molecular weight is 178 g/mol. The van der Waals surface area contributed by atoms with Crippen LogP contribution in [0.3, 0.4) is 0 Å². The smallest absolute Gasteiger partial charge is 0.370 e. The summed E-state index contributed by atoms with van der Waals surface area (Å²) >= 11 is 5.11. The van der Waals surface area contributed by atoms with Crippen molar-refractivity contribution in [2.24, 2.45) is 0 Å². The second-order valence-electron chi connectivity index (χ2n) is 1.73. The summed E-state index contributed by atoms with van der Waals surface area (Å²) < 4.78 is 34.3. The molecule has 62 valence electrons. The van der Waals surface area contributed by atoms with Crippen LogP contribution in [0, 0.1) is 0 Å². The molecular weight excluding hydrogens is 170 g/mol. The number of hydrogen-bond acceptors (Lipinski definition) is 2. The molecule has 10 heavy (non-hydrogen) atoms. The molecule has 0 aliphatic carbocycles. The van der Waals surface area contributed by atoms with Crippen molar-refractivity contribution in [3.63, 3.8) is 0 Å². The summed E-state index contributed by atoms with van der Waals surface area (Å²) in [6.07, 6.45) is -7.19. The van der Waals surface area contributed by atoms with Crippen molar-refractivity contribution >= 4 is 11.6 Å². The molecule has 2 unspecified atom stereocenters. The number of nitrogens with one attached hydrogen (secondary N) is 1. The molecule has 0 bridgehead atoms. The fourth-order valence-electron chi connectivity index (χ4n) is 0.312. The molecule has 0 aliphatic rings. The normalized spacial score (nSPS) is 18.6. The van der Waals surface area contributed by atoms with Crippen molar-refractivity contribution < 1.29 is 18.3 Å². The second kappa shape index (κ2) is 3.41. The molecule has 0 aromatic heterocycles. The molecule has 2 atom stereocenters. The zero-order chi connectivity index (χ0) is 8.36. The zero-order valence-corrected chi connectivity index (χ0v) is 5.87. The molecule has 0 aromatic carbocycles. The predicted molar refractivity (Wildman–Crippen MR) is 30.5 cm³/mol. The molecule has 0 saturated carbocycles. The summed E-state index contributed by atoms with van der Waals surface area (Å²) in [7, 11) is 0. The van der Waals surface area contributed by atoms with Crippen LogP contribution in [0.2, 0.25) is 0 Å². The molecule has 0 amide bonds. The van der Waals surface area contributed by atoms with Crippen LogP contribution in [0.15, 0.2) is 0 Å². The largest absolute Gasteiger partial charge is 0.428 e. The maximum atomic E-state index is 11.4. The molecule has 0 fully saturated rings. The topological polar surface area (TPSA) is 32.3 Å². The van der Waals surface area contributed by atoms with E-state index >= 15 is 0 Å². The van der Waals surface area contributed by atoms with Crippen molar-refractivity contribution in [2.75, 3.05) is 0 Å². The van der Waals surface area contributed by atoms with Crippen LogP contribution >= 0.6 is 11.6 Å². The SMILES string of the molecule is CC(Cl)NC(O)C(F)(F)F. The number of hydrogen-bond donors (Lipinski definition) is 2. The number of aliphatic hydroxyl groups is 1. The summed E-state index contributed by atoms with van der Waals surface area (Å²) in [6, 6.07) is 0. The Morgan fingerprint density at radius 3 is 2.00 bits per heavy atom. The average Bonchev–Trinajstić information content (AvgIpc) is 1.60. The number of rotatable bonds is 2. The van der Waals surface area contributed by atoms with Gasteiger partial charge in [-0.25, -0.2) is 0 Å². The third kappa shape index (κ3) is 3.92. The molecule has 6 heteroatoms. The summed E-state index contributed by atoms with van der Waals surface area (Å²) in [5.74, 6) is 0. The van der Waals surface area contributed by atoms with E-state index in [2.05, 4.69) is 0 Å². The molecule has 0 spiro atoms. The number of aliphatic hydroxyl groups excluding tert-OH is 1. The molecule has 2 nitrogen and oxygen atoms in total. The molecule has 0 saturated heterocycles. The number of alkyl halides is 4. The highest BCUT2D eigenvalue weighted by molar-refractivity contribution is 6.20. The van der Waals surface area contributed by atoms with Gasteiger partial charge in [0, 0.05) is 0 Å². The van der Waals surface area contributed by atoms with Gasteiger partial charge in [0.1, 0.15) is 0 Å². The summed E-state index contributed by atoms with van der Waals surface area (Å²) in [5.41, 5.74) is -0.906. The van der Waals surface area contributed by atoms with E-state index < -0.39 is 17.9 Å². The van der Waals surface area contributed by atoms with Crippen molar-refractivity contribution in [1.29, 1.82) is 0 Å². The van der Waals surface area contributed by atoms with E-state index in [1.165, 1.54) is 6.92 Å². The van der Waals surface area contributed by atoms with Crippen LogP contribution < -0.4 is 5.32 Å². The highest BCUT2D eigenvalue weighted by Crippen LogP contribution is 2.18. The van der Waals surface area contributed by atoms with Crippen LogP contribution in [0.25, 0.3) is 0 Å². The van der Waals surface area contributed by atoms with Gasteiger partial charge in [-0.15, -0.1) is 11.6 Å². The Morgan fingerprint density at radius 2 is 1.90 bits per heavy atom. The minimum Gasteiger partial charge on any atom is -0.370 e. The van der Waals surface area contributed by atoms with Gasteiger partial charge >= 0.3 is 6.18 Å². The van der Waals surface area contributed by atoms with Crippen molar-refractivity contribution in [2.45, 2.75) is 24.8 Å². The fourth-order valence-corrected chi connectivity index (χ4v) is 0.431. The molecule has 0 radical (unpaired) electrons. The lowest BCUT2D eigenvalue weighted by molar-refractivity contribution is -0.213. The van der Waals surface area contributed by atoms with E-state index in [0.29, 0.717) is 0 Å². The Bertz CT molecular complexity index is 105. The van der Waals surface area contributed by atoms with Gasteiger partial charge in [-0.05, 0) is 6.92 Å². The number of halogens is 4. The van der Waals surface area contributed by atoms with Crippen LogP contribution in [0.5, 0.6) is 0 Å². The Hall–Kier alpha value is -0.0000000000000000555. The minimum absolute atomic E-state index is 0.906. The summed E-state index contributed by atoms with van der Waals surface area (Å²) in [4.78, 5) is 0. The van der Waals surface area contributed by atoms with Gasteiger partial charge in [0.05, 0.1) is 5.50 Å². The second-order valence-corrected chi connectivity index (χ2v) is 2.38. The van der Waals surface area contributed by atoms with E-state index in [4.69, 9.17) is 16.7 Å². The van der Waals surface area contributed by atoms with E-state index in [-0.39, 0.29) is 0 Å². The quantitative estimate of drug-likeness (QED) is 0.375. The molecule has 0 rings (SSSR count). The molecule has 2 N–H and O–H groups in total. The van der Waals surface area contributed by atoms with E-state index in [0.717, 1.165) is 0 Å². The maximum absolute atomic E-state index is 11.4. The van der Waals surface area contributed by atoms with Crippen molar-refractivity contribution in [3.05, 3.63) is 0 Å². The lowest BCUT2D eigenvalue weighted by Gasteiger charge is -2.16. The first-order chi connectivity index (χ1) is 4.34. The Morgan fingerprint density at radius 1 is 1.50 bits per heavy atom. The molecule has 0 heterocycles. The first-order valence-electron chi connectivity index (χ1n) is 2.49.